The molecule has 3 N–H and O–H groups in total. The van der Waals surface area contributed by atoms with Gasteiger partial charge in [-0.2, -0.15) is 0 Å². The number of methoxy groups -OCH3 is 1. The van der Waals surface area contributed by atoms with Crippen LogP contribution < -0.4 is 20.7 Å². The highest BCUT2D eigenvalue weighted by molar-refractivity contribution is 6.32. The van der Waals surface area contributed by atoms with Gasteiger partial charge in [0.15, 0.2) is 0 Å². The minimum Gasteiger partial charge on any atom is -0.495 e. The number of nitrogens with zero attached hydrogens (tertiary/aromatic N) is 1. The van der Waals surface area contributed by atoms with Gasteiger partial charge in [0.25, 0.3) is 5.91 Å². The van der Waals surface area contributed by atoms with Crippen LogP contribution in [0.1, 0.15) is 59.7 Å². The number of carbonyl (C=O) groups excluding carboxylic acids is 4. The Bertz CT molecular complexity index is 1270. The summed E-state index contributed by atoms with van der Waals surface area (Å²) in [6.07, 6.45) is 0.301. The summed E-state index contributed by atoms with van der Waals surface area (Å²) in [6, 6.07) is 4.89. The number of anilines is 1. The van der Waals surface area contributed by atoms with Crippen LogP contribution in [0.15, 0.2) is 24.3 Å². The second-order valence-corrected chi connectivity index (χ2v) is 9.41. The van der Waals surface area contributed by atoms with E-state index >= 15 is 4.39 Å². The number of fused-ring (bicyclic) bond motifs is 1. The molecule has 2 heterocycles. The van der Waals surface area contributed by atoms with Gasteiger partial charge in [-0.3, -0.25) is 19.7 Å². The average molecular weight is 517 g/mol. The van der Waals surface area contributed by atoms with E-state index in [1.807, 2.05) is 13.8 Å². The molecule has 0 aromatic heterocycles. The molecule has 0 radical (unpaired) electrons. The van der Waals surface area contributed by atoms with Gasteiger partial charge in [0.1, 0.15) is 17.6 Å². The quantitative estimate of drug-likeness (QED) is 0.506. The fraction of sp³-hybridized carbons (Fsp3) is 0.360. The zero-order valence-electron chi connectivity index (χ0n) is 20.0. The summed E-state index contributed by atoms with van der Waals surface area (Å²) in [5, 5.41) is 8.03. The molecule has 36 heavy (non-hydrogen) atoms. The number of rotatable bonds is 6. The Kier molecular flexibility index (Phi) is 7.16. The molecule has 0 spiro atoms. The summed E-state index contributed by atoms with van der Waals surface area (Å²) in [4.78, 5) is 50.3. The molecule has 1 unspecified atom stereocenters. The summed E-state index contributed by atoms with van der Waals surface area (Å²) in [5.74, 6) is -1.56. The van der Waals surface area contributed by atoms with Crippen molar-refractivity contribution >= 4 is 41.0 Å². The summed E-state index contributed by atoms with van der Waals surface area (Å²) in [7, 11) is 1.48. The Morgan fingerprint density at radius 2 is 2.03 bits per heavy atom. The maximum absolute atomic E-state index is 15.3. The highest BCUT2D eigenvalue weighted by Crippen LogP contribution is 2.35. The zero-order chi connectivity index (χ0) is 26.1. The standard InChI is InChI=1S/C25H26ClFN4O5/c1-12(2)15-8-17(26)20(36-3)9-18(15)29-25(35)28-10-13-4-5-14-16(22(13)27)11-31(24(14)34)19-6-7-21(32)30-23(19)33/h4-5,8-9,12,19H,6-7,10-11H2,1-3H3,(H2,28,29,35)(H,30,32,33). The Morgan fingerprint density at radius 1 is 1.28 bits per heavy atom. The number of ether oxygens (including phenoxy) is 1. The summed E-state index contributed by atoms with van der Waals surface area (Å²) >= 11 is 6.21. The molecule has 2 aromatic rings. The van der Waals surface area contributed by atoms with Crippen LogP contribution in [0.4, 0.5) is 14.9 Å². The molecule has 0 bridgehead atoms. The fourth-order valence-electron chi connectivity index (χ4n) is 4.44. The molecule has 5 amide bonds. The summed E-state index contributed by atoms with van der Waals surface area (Å²) in [5.41, 5.74) is 1.85. The number of urea groups is 1. The average Bonchev–Trinajstić information content (AvgIpc) is 3.16. The van der Waals surface area contributed by atoms with Gasteiger partial charge >= 0.3 is 6.03 Å². The molecule has 1 atom stereocenters. The Hall–Kier alpha value is -3.66. The van der Waals surface area contributed by atoms with E-state index in [2.05, 4.69) is 16.0 Å². The minimum absolute atomic E-state index is 0.0720. The first-order valence-corrected chi connectivity index (χ1v) is 11.9. The number of piperidine rings is 1. The number of amides is 5. The molecule has 11 heteroatoms. The number of benzene rings is 2. The lowest BCUT2D eigenvalue weighted by molar-refractivity contribution is -0.136. The van der Waals surface area contributed by atoms with Gasteiger partial charge in [0.2, 0.25) is 11.8 Å². The van der Waals surface area contributed by atoms with E-state index in [1.54, 1.807) is 12.1 Å². The Balaban J connectivity index is 1.46. The normalized spacial score (nSPS) is 17.2. The second-order valence-electron chi connectivity index (χ2n) is 9.00. The molecular formula is C25H26ClFN4O5. The third-order valence-electron chi connectivity index (χ3n) is 6.36. The number of hydrogen-bond donors (Lipinski definition) is 3. The highest BCUT2D eigenvalue weighted by atomic mass is 35.5. The van der Waals surface area contributed by atoms with Crippen molar-refractivity contribution in [2.75, 3.05) is 12.4 Å². The molecule has 9 nitrogen and oxygen atoms in total. The highest BCUT2D eigenvalue weighted by Gasteiger charge is 2.40. The van der Waals surface area contributed by atoms with E-state index in [9.17, 15) is 19.2 Å². The molecule has 2 aromatic carbocycles. The van der Waals surface area contributed by atoms with Crippen LogP contribution in [0.3, 0.4) is 0 Å². The minimum atomic E-state index is -0.833. The Labute approximate surface area is 212 Å². The maximum atomic E-state index is 15.3. The molecule has 2 aliphatic heterocycles. The molecule has 4 rings (SSSR count). The predicted octanol–water partition coefficient (Wildman–Crippen LogP) is 3.69. The summed E-state index contributed by atoms with van der Waals surface area (Å²) < 4.78 is 20.5. The number of halogens is 2. The molecule has 0 aliphatic carbocycles. The third-order valence-corrected chi connectivity index (χ3v) is 6.66. The van der Waals surface area contributed by atoms with E-state index < -0.39 is 35.6 Å². The second kappa shape index (κ2) is 10.1. The maximum Gasteiger partial charge on any atom is 0.319 e. The van der Waals surface area contributed by atoms with E-state index in [-0.39, 0.29) is 48.5 Å². The smallest absolute Gasteiger partial charge is 0.319 e. The van der Waals surface area contributed by atoms with Crippen LogP contribution in [0.25, 0.3) is 0 Å². The predicted molar refractivity (Wildman–Crippen MR) is 130 cm³/mol. The largest absolute Gasteiger partial charge is 0.495 e. The topological polar surface area (TPSA) is 117 Å². The van der Waals surface area contributed by atoms with Crippen molar-refractivity contribution in [3.63, 3.8) is 0 Å². The van der Waals surface area contributed by atoms with E-state index in [0.29, 0.717) is 16.5 Å². The lowest BCUT2D eigenvalue weighted by Gasteiger charge is -2.29. The molecule has 0 saturated carbocycles. The number of imide groups is 1. The van der Waals surface area contributed by atoms with Crippen molar-refractivity contribution in [2.24, 2.45) is 0 Å². The van der Waals surface area contributed by atoms with Crippen molar-refractivity contribution in [1.29, 1.82) is 0 Å². The number of carbonyl (C=O) groups is 4. The van der Waals surface area contributed by atoms with Crippen molar-refractivity contribution < 1.29 is 28.3 Å². The van der Waals surface area contributed by atoms with Gasteiger partial charge < -0.3 is 20.3 Å². The van der Waals surface area contributed by atoms with Crippen LogP contribution in [0, 0.1) is 5.82 Å². The van der Waals surface area contributed by atoms with E-state index in [0.717, 1.165) is 5.56 Å². The first-order valence-electron chi connectivity index (χ1n) is 11.5. The molecular weight excluding hydrogens is 491 g/mol. The molecule has 1 saturated heterocycles. The van der Waals surface area contributed by atoms with Crippen LogP contribution in [-0.4, -0.2) is 41.8 Å². The van der Waals surface area contributed by atoms with Crippen molar-refractivity contribution in [1.82, 2.24) is 15.5 Å². The number of nitrogens with one attached hydrogen (secondary N) is 3. The fourth-order valence-corrected chi connectivity index (χ4v) is 4.69. The summed E-state index contributed by atoms with van der Waals surface area (Å²) in [6.45, 7) is 3.70. The molecule has 190 valence electrons. The van der Waals surface area contributed by atoms with E-state index in [4.69, 9.17) is 16.3 Å². The van der Waals surface area contributed by atoms with E-state index in [1.165, 1.54) is 24.1 Å². The van der Waals surface area contributed by atoms with Crippen LogP contribution in [-0.2, 0) is 22.7 Å². The first-order chi connectivity index (χ1) is 17.1. The van der Waals surface area contributed by atoms with Gasteiger partial charge in [-0.15, -0.1) is 0 Å². The van der Waals surface area contributed by atoms with Crippen molar-refractivity contribution in [3.8, 4) is 5.75 Å². The first kappa shape index (κ1) is 25.4. The Morgan fingerprint density at radius 3 is 2.69 bits per heavy atom. The van der Waals surface area contributed by atoms with Crippen molar-refractivity contribution in [2.45, 2.75) is 51.7 Å². The van der Waals surface area contributed by atoms with Crippen LogP contribution in [0.2, 0.25) is 5.02 Å². The van der Waals surface area contributed by atoms with Gasteiger partial charge in [0, 0.05) is 41.4 Å². The monoisotopic (exact) mass is 516 g/mol. The van der Waals surface area contributed by atoms with Gasteiger partial charge in [-0.25, -0.2) is 9.18 Å². The zero-order valence-corrected chi connectivity index (χ0v) is 20.8. The van der Waals surface area contributed by atoms with Crippen molar-refractivity contribution in [3.05, 3.63) is 57.4 Å². The third kappa shape index (κ3) is 4.86. The lowest BCUT2D eigenvalue weighted by atomic mass is 10.0. The lowest BCUT2D eigenvalue weighted by Crippen LogP contribution is -2.52. The van der Waals surface area contributed by atoms with Gasteiger partial charge in [-0.05, 0) is 30.0 Å². The van der Waals surface area contributed by atoms with Crippen LogP contribution in [0.5, 0.6) is 5.75 Å². The SMILES string of the molecule is COc1cc(NC(=O)NCc2ccc3c(c2F)CN(C2CCC(=O)NC2=O)C3=O)c(C(C)C)cc1Cl. The molecule has 1 fully saturated rings. The van der Waals surface area contributed by atoms with Gasteiger partial charge in [0.05, 0.1) is 18.7 Å². The van der Waals surface area contributed by atoms with Crippen LogP contribution >= 0.6 is 11.6 Å². The van der Waals surface area contributed by atoms with Gasteiger partial charge in [-0.1, -0.05) is 31.5 Å². The number of hydrogen-bond acceptors (Lipinski definition) is 5. The molecule has 2 aliphatic rings.